The van der Waals surface area contributed by atoms with Gasteiger partial charge in [0.15, 0.2) is 0 Å². The van der Waals surface area contributed by atoms with Crippen LogP contribution in [0.25, 0.3) is 0 Å². The Kier molecular flexibility index (Phi) is 2.73. The standard InChI is InChI=1S/C14H22O2/c1-13(2)5-4-6-14(3)8-10(9-15)11(16)7-12(13)14/h8-9,11-12,16H,4-7H2,1-3H3/t11?,12-,14+/m0/s1. The molecule has 90 valence electrons. The van der Waals surface area contributed by atoms with Crippen molar-refractivity contribution in [3.05, 3.63) is 11.6 Å². The van der Waals surface area contributed by atoms with Crippen LogP contribution in [-0.4, -0.2) is 17.5 Å². The van der Waals surface area contributed by atoms with E-state index >= 15 is 0 Å². The molecule has 1 saturated carbocycles. The van der Waals surface area contributed by atoms with Gasteiger partial charge in [-0.3, -0.25) is 4.79 Å². The SMILES string of the molecule is CC1(C)CCC[C@]2(C)C=C(C=O)C(O)C[C@@H]12. The number of fused-ring (bicyclic) bond motifs is 1. The minimum absolute atomic E-state index is 0.108. The average Bonchev–Trinajstić information content (AvgIpc) is 2.19. The lowest BCUT2D eigenvalue weighted by Crippen LogP contribution is -2.46. The molecule has 1 unspecified atom stereocenters. The van der Waals surface area contributed by atoms with Gasteiger partial charge in [-0.15, -0.1) is 0 Å². The monoisotopic (exact) mass is 222 g/mol. The third-order valence-electron chi connectivity index (χ3n) is 4.75. The van der Waals surface area contributed by atoms with Crippen molar-refractivity contribution in [3.63, 3.8) is 0 Å². The largest absolute Gasteiger partial charge is 0.388 e. The topological polar surface area (TPSA) is 37.3 Å². The van der Waals surface area contributed by atoms with Crippen LogP contribution in [0.4, 0.5) is 0 Å². The Labute approximate surface area is 97.7 Å². The molecule has 2 aliphatic carbocycles. The molecule has 0 heterocycles. The summed E-state index contributed by atoms with van der Waals surface area (Å²) in [7, 11) is 0. The number of carbonyl (C=O) groups excluding carboxylic acids is 1. The average molecular weight is 222 g/mol. The van der Waals surface area contributed by atoms with Crippen molar-refractivity contribution in [3.8, 4) is 0 Å². The molecular weight excluding hydrogens is 200 g/mol. The van der Waals surface area contributed by atoms with Gasteiger partial charge in [0.05, 0.1) is 6.10 Å². The van der Waals surface area contributed by atoms with Crippen molar-refractivity contribution >= 4 is 6.29 Å². The van der Waals surface area contributed by atoms with Gasteiger partial charge < -0.3 is 5.11 Å². The number of hydrogen-bond donors (Lipinski definition) is 1. The van der Waals surface area contributed by atoms with Crippen LogP contribution in [0.1, 0.15) is 46.5 Å². The summed E-state index contributed by atoms with van der Waals surface area (Å²) in [5, 5.41) is 9.95. The summed E-state index contributed by atoms with van der Waals surface area (Å²) in [6.45, 7) is 6.83. The quantitative estimate of drug-likeness (QED) is 0.693. The van der Waals surface area contributed by atoms with E-state index in [0.717, 1.165) is 19.1 Å². The van der Waals surface area contributed by atoms with Crippen molar-refractivity contribution in [2.75, 3.05) is 0 Å². The molecule has 2 heteroatoms. The van der Waals surface area contributed by atoms with Gasteiger partial charge in [-0.05, 0) is 36.0 Å². The van der Waals surface area contributed by atoms with Gasteiger partial charge in [0.1, 0.15) is 6.29 Å². The van der Waals surface area contributed by atoms with Gasteiger partial charge in [-0.2, -0.15) is 0 Å². The third-order valence-corrected chi connectivity index (χ3v) is 4.75. The first kappa shape index (κ1) is 11.8. The summed E-state index contributed by atoms with van der Waals surface area (Å²) in [6.07, 6.45) is 6.66. The van der Waals surface area contributed by atoms with Gasteiger partial charge in [-0.1, -0.05) is 33.3 Å². The normalized spacial score (nSPS) is 42.1. The van der Waals surface area contributed by atoms with Crippen molar-refractivity contribution in [1.82, 2.24) is 0 Å². The van der Waals surface area contributed by atoms with Gasteiger partial charge in [0.25, 0.3) is 0 Å². The Morgan fingerprint density at radius 1 is 1.38 bits per heavy atom. The number of allylic oxidation sites excluding steroid dienone is 1. The van der Waals surface area contributed by atoms with Crippen molar-refractivity contribution in [2.45, 2.75) is 52.6 Å². The lowest BCUT2D eigenvalue weighted by Gasteiger charge is -2.52. The first-order valence-electron chi connectivity index (χ1n) is 6.25. The van der Waals surface area contributed by atoms with Gasteiger partial charge >= 0.3 is 0 Å². The summed E-state index contributed by atoms with van der Waals surface area (Å²) in [5.41, 5.74) is 0.979. The minimum atomic E-state index is -0.548. The maximum absolute atomic E-state index is 10.9. The molecule has 1 fully saturated rings. The molecule has 0 spiro atoms. The van der Waals surface area contributed by atoms with E-state index in [1.54, 1.807) is 0 Å². The number of rotatable bonds is 1. The summed E-state index contributed by atoms with van der Waals surface area (Å²) in [6, 6.07) is 0. The lowest BCUT2D eigenvalue weighted by atomic mass is 9.52. The molecule has 3 atom stereocenters. The second kappa shape index (κ2) is 3.69. The van der Waals surface area contributed by atoms with Crippen LogP contribution in [0.5, 0.6) is 0 Å². The molecule has 1 N–H and O–H groups in total. The van der Waals surface area contributed by atoms with E-state index in [9.17, 15) is 9.90 Å². The van der Waals surface area contributed by atoms with E-state index in [1.807, 2.05) is 6.08 Å². The Morgan fingerprint density at radius 2 is 2.06 bits per heavy atom. The number of aliphatic hydroxyl groups excluding tert-OH is 1. The Hall–Kier alpha value is -0.630. The summed E-state index contributed by atoms with van der Waals surface area (Å²) in [4.78, 5) is 10.9. The van der Waals surface area contributed by atoms with Crippen LogP contribution in [-0.2, 0) is 4.79 Å². The zero-order valence-electron chi connectivity index (χ0n) is 10.5. The third kappa shape index (κ3) is 1.73. The molecule has 0 amide bonds. The smallest absolute Gasteiger partial charge is 0.148 e. The minimum Gasteiger partial charge on any atom is -0.388 e. The highest BCUT2D eigenvalue weighted by molar-refractivity contribution is 5.75. The molecule has 16 heavy (non-hydrogen) atoms. The maximum Gasteiger partial charge on any atom is 0.148 e. The molecule has 0 bridgehead atoms. The molecule has 0 aromatic rings. The molecule has 2 rings (SSSR count). The van der Waals surface area contributed by atoms with Crippen molar-refractivity contribution in [2.24, 2.45) is 16.7 Å². The van der Waals surface area contributed by atoms with Crippen LogP contribution in [0.15, 0.2) is 11.6 Å². The van der Waals surface area contributed by atoms with E-state index in [0.29, 0.717) is 11.5 Å². The number of aliphatic hydroxyl groups is 1. The molecule has 0 aliphatic heterocycles. The molecule has 0 radical (unpaired) electrons. The van der Waals surface area contributed by atoms with E-state index in [4.69, 9.17) is 0 Å². The molecule has 0 saturated heterocycles. The number of hydrogen-bond acceptors (Lipinski definition) is 2. The predicted molar refractivity (Wildman–Crippen MR) is 64.0 cm³/mol. The van der Waals surface area contributed by atoms with Crippen LogP contribution >= 0.6 is 0 Å². The van der Waals surface area contributed by atoms with Crippen LogP contribution in [0, 0.1) is 16.7 Å². The highest BCUT2D eigenvalue weighted by Crippen LogP contribution is 2.56. The number of carbonyl (C=O) groups is 1. The van der Waals surface area contributed by atoms with Crippen molar-refractivity contribution in [1.29, 1.82) is 0 Å². The zero-order chi connectivity index (χ0) is 12.0. The van der Waals surface area contributed by atoms with E-state index in [1.165, 1.54) is 12.8 Å². The summed E-state index contributed by atoms with van der Waals surface area (Å²) in [5.74, 6) is 0.493. The molecular formula is C14H22O2. The highest BCUT2D eigenvalue weighted by atomic mass is 16.3. The Balaban J connectivity index is 2.39. The van der Waals surface area contributed by atoms with E-state index < -0.39 is 6.10 Å². The summed E-state index contributed by atoms with van der Waals surface area (Å²) < 4.78 is 0. The van der Waals surface area contributed by atoms with E-state index in [-0.39, 0.29) is 10.8 Å². The van der Waals surface area contributed by atoms with E-state index in [2.05, 4.69) is 20.8 Å². The molecule has 0 aromatic carbocycles. The Bertz CT molecular complexity index is 330. The number of aldehydes is 1. The lowest BCUT2D eigenvalue weighted by molar-refractivity contribution is -0.106. The van der Waals surface area contributed by atoms with Crippen LogP contribution < -0.4 is 0 Å². The van der Waals surface area contributed by atoms with Gasteiger partial charge in [-0.25, -0.2) is 0 Å². The maximum atomic E-state index is 10.9. The molecule has 0 aromatic heterocycles. The fourth-order valence-electron chi connectivity index (χ4n) is 3.88. The second-order valence-electron chi connectivity index (χ2n) is 6.41. The molecule has 2 aliphatic rings. The summed E-state index contributed by atoms with van der Waals surface area (Å²) >= 11 is 0. The fourth-order valence-corrected chi connectivity index (χ4v) is 3.88. The first-order valence-corrected chi connectivity index (χ1v) is 6.25. The van der Waals surface area contributed by atoms with Gasteiger partial charge in [0, 0.05) is 5.57 Å². The van der Waals surface area contributed by atoms with Crippen LogP contribution in [0.2, 0.25) is 0 Å². The highest BCUT2D eigenvalue weighted by Gasteiger charge is 2.48. The van der Waals surface area contributed by atoms with Crippen LogP contribution in [0.3, 0.4) is 0 Å². The Morgan fingerprint density at radius 3 is 2.69 bits per heavy atom. The first-order chi connectivity index (χ1) is 7.39. The molecule has 2 nitrogen and oxygen atoms in total. The predicted octanol–water partition coefficient (Wildman–Crippen LogP) is 2.71. The fraction of sp³-hybridized carbons (Fsp3) is 0.786. The van der Waals surface area contributed by atoms with Gasteiger partial charge in [0.2, 0.25) is 0 Å². The second-order valence-corrected chi connectivity index (χ2v) is 6.41. The zero-order valence-corrected chi connectivity index (χ0v) is 10.5. The van der Waals surface area contributed by atoms with Crippen molar-refractivity contribution < 1.29 is 9.90 Å².